The van der Waals surface area contributed by atoms with E-state index in [2.05, 4.69) is 40.7 Å². The van der Waals surface area contributed by atoms with E-state index in [1.54, 1.807) is 0 Å². The van der Waals surface area contributed by atoms with E-state index in [-0.39, 0.29) is 0 Å². The molecule has 0 unspecified atom stereocenters. The fourth-order valence-electron chi connectivity index (χ4n) is 0.880. The molecule has 66 valence electrons. The molecule has 0 aliphatic carbocycles. The highest BCUT2D eigenvalue weighted by atomic mass is 14.0. The molecule has 0 atom stereocenters. The van der Waals surface area contributed by atoms with Gasteiger partial charge in [-0.25, -0.2) is 0 Å². The highest BCUT2D eigenvalue weighted by molar-refractivity contribution is 5.00. The first-order valence-corrected chi connectivity index (χ1v) is 4.70. The molecular formula is C11H22. The highest BCUT2D eigenvalue weighted by Crippen LogP contribution is 2.11. The molecule has 0 aliphatic heterocycles. The highest BCUT2D eigenvalue weighted by Gasteiger charge is 1.95. The smallest absolute Gasteiger partial charge is 0.0263 e. The Morgan fingerprint density at radius 2 is 1.73 bits per heavy atom. The molecule has 0 heterocycles. The standard InChI is InChI=1S/C11H22/c1-9(2)7-6-8-11(5)10(3)4/h8-10H,6-7H2,1-5H3/b11-8-. The Morgan fingerprint density at radius 3 is 2.09 bits per heavy atom. The number of hydrogen-bond donors (Lipinski definition) is 0. The second kappa shape index (κ2) is 5.40. The molecule has 0 aromatic carbocycles. The molecule has 0 radical (unpaired) electrons. The molecule has 0 spiro atoms. The van der Waals surface area contributed by atoms with Crippen LogP contribution < -0.4 is 0 Å². The first kappa shape index (κ1) is 10.7. The third-order valence-corrected chi connectivity index (χ3v) is 2.12. The minimum absolute atomic E-state index is 0.724. The summed E-state index contributed by atoms with van der Waals surface area (Å²) in [6.45, 7) is 11.3. The van der Waals surface area contributed by atoms with Gasteiger partial charge in [-0.3, -0.25) is 0 Å². The quantitative estimate of drug-likeness (QED) is 0.536. The molecular weight excluding hydrogens is 132 g/mol. The number of allylic oxidation sites excluding steroid dienone is 2. The molecule has 0 amide bonds. The molecule has 0 N–H and O–H groups in total. The van der Waals surface area contributed by atoms with E-state index in [4.69, 9.17) is 0 Å². The van der Waals surface area contributed by atoms with E-state index in [1.807, 2.05) is 0 Å². The topological polar surface area (TPSA) is 0 Å². The van der Waals surface area contributed by atoms with Gasteiger partial charge in [0.1, 0.15) is 0 Å². The van der Waals surface area contributed by atoms with Gasteiger partial charge in [0.15, 0.2) is 0 Å². The van der Waals surface area contributed by atoms with Gasteiger partial charge in [0.2, 0.25) is 0 Å². The SMILES string of the molecule is C/C(=C/CCC(C)C)C(C)C. The lowest BCUT2D eigenvalue weighted by Gasteiger charge is -2.05. The second-order valence-electron chi connectivity index (χ2n) is 4.07. The van der Waals surface area contributed by atoms with Crippen LogP contribution in [0.4, 0.5) is 0 Å². The van der Waals surface area contributed by atoms with E-state index in [1.165, 1.54) is 18.4 Å². The van der Waals surface area contributed by atoms with Gasteiger partial charge in [-0.1, -0.05) is 39.3 Å². The molecule has 0 fully saturated rings. The molecule has 0 bridgehead atoms. The molecule has 0 saturated carbocycles. The Hall–Kier alpha value is -0.260. The number of hydrogen-bond acceptors (Lipinski definition) is 0. The van der Waals surface area contributed by atoms with E-state index in [9.17, 15) is 0 Å². The van der Waals surface area contributed by atoms with Crippen LogP contribution >= 0.6 is 0 Å². The van der Waals surface area contributed by atoms with Crippen molar-refractivity contribution < 1.29 is 0 Å². The van der Waals surface area contributed by atoms with Gasteiger partial charge < -0.3 is 0 Å². The zero-order valence-electron chi connectivity index (χ0n) is 8.65. The normalized spacial score (nSPS) is 13.2. The van der Waals surface area contributed by atoms with Gasteiger partial charge in [-0.2, -0.15) is 0 Å². The van der Waals surface area contributed by atoms with Crippen LogP contribution in [0, 0.1) is 11.8 Å². The molecule has 0 saturated heterocycles. The summed E-state index contributed by atoms with van der Waals surface area (Å²) in [6.07, 6.45) is 4.95. The van der Waals surface area contributed by atoms with E-state index >= 15 is 0 Å². The summed E-state index contributed by atoms with van der Waals surface area (Å²) in [7, 11) is 0. The van der Waals surface area contributed by atoms with Crippen molar-refractivity contribution in [3.8, 4) is 0 Å². The summed E-state index contributed by atoms with van der Waals surface area (Å²) in [4.78, 5) is 0. The molecule has 0 nitrogen and oxygen atoms in total. The second-order valence-corrected chi connectivity index (χ2v) is 4.07. The third kappa shape index (κ3) is 6.15. The van der Waals surface area contributed by atoms with Crippen LogP contribution in [0.25, 0.3) is 0 Å². The van der Waals surface area contributed by atoms with Crippen LogP contribution in [-0.2, 0) is 0 Å². The Balaban J connectivity index is 3.57. The van der Waals surface area contributed by atoms with Gasteiger partial charge in [0.25, 0.3) is 0 Å². The van der Waals surface area contributed by atoms with Crippen LogP contribution in [-0.4, -0.2) is 0 Å². The Morgan fingerprint density at radius 1 is 1.18 bits per heavy atom. The van der Waals surface area contributed by atoms with Crippen LogP contribution in [0.5, 0.6) is 0 Å². The minimum atomic E-state index is 0.724. The minimum Gasteiger partial charge on any atom is -0.0853 e. The fraction of sp³-hybridized carbons (Fsp3) is 0.818. The van der Waals surface area contributed by atoms with Crippen LogP contribution in [0.15, 0.2) is 11.6 Å². The maximum Gasteiger partial charge on any atom is -0.0263 e. The fourth-order valence-corrected chi connectivity index (χ4v) is 0.880. The maximum atomic E-state index is 2.38. The first-order chi connectivity index (χ1) is 5.04. The lowest BCUT2D eigenvalue weighted by Crippen LogP contribution is -1.90. The maximum absolute atomic E-state index is 2.38. The predicted octanol–water partition coefficient (Wildman–Crippen LogP) is 4.02. The van der Waals surface area contributed by atoms with Crippen molar-refractivity contribution in [2.24, 2.45) is 11.8 Å². The molecule has 0 rings (SSSR count). The summed E-state index contributed by atoms with van der Waals surface area (Å²) >= 11 is 0. The van der Waals surface area contributed by atoms with E-state index < -0.39 is 0 Å². The summed E-state index contributed by atoms with van der Waals surface area (Å²) < 4.78 is 0. The molecule has 0 heteroatoms. The Labute approximate surface area is 71.7 Å². The van der Waals surface area contributed by atoms with Crippen molar-refractivity contribution in [3.63, 3.8) is 0 Å². The van der Waals surface area contributed by atoms with Gasteiger partial charge in [-0.15, -0.1) is 0 Å². The Bertz CT molecular complexity index is 118. The summed E-state index contributed by atoms with van der Waals surface area (Å²) in [5, 5.41) is 0. The van der Waals surface area contributed by atoms with Crippen molar-refractivity contribution in [1.82, 2.24) is 0 Å². The van der Waals surface area contributed by atoms with Crippen molar-refractivity contribution in [2.75, 3.05) is 0 Å². The average Bonchev–Trinajstić information content (AvgIpc) is 1.86. The molecule has 0 aliphatic rings. The van der Waals surface area contributed by atoms with E-state index in [0.717, 1.165) is 11.8 Å². The lowest BCUT2D eigenvalue weighted by molar-refractivity contribution is 0.590. The van der Waals surface area contributed by atoms with Crippen molar-refractivity contribution in [2.45, 2.75) is 47.5 Å². The summed E-state index contributed by atoms with van der Waals surface area (Å²) in [5.74, 6) is 1.56. The molecule has 0 aromatic heterocycles. The van der Waals surface area contributed by atoms with E-state index in [0.29, 0.717) is 0 Å². The molecule has 11 heavy (non-hydrogen) atoms. The van der Waals surface area contributed by atoms with Crippen molar-refractivity contribution >= 4 is 0 Å². The third-order valence-electron chi connectivity index (χ3n) is 2.12. The van der Waals surface area contributed by atoms with Gasteiger partial charge in [0.05, 0.1) is 0 Å². The average molecular weight is 154 g/mol. The zero-order valence-corrected chi connectivity index (χ0v) is 8.65. The van der Waals surface area contributed by atoms with Crippen molar-refractivity contribution in [1.29, 1.82) is 0 Å². The van der Waals surface area contributed by atoms with Crippen LogP contribution in [0.1, 0.15) is 47.5 Å². The van der Waals surface area contributed by atoms with Crippen LogP contribution in [0.2, 0.25) is 0 Å². The zero-order chi connectivity index (χ0) is 8.85. The largest absolute Gasteiger partial charge is 0.0853 e. The number of rotatable bonds is 4. The van der Waals surface area contributed by atoms with Gasteiger partial charge in [-0.05, 0) is 31.6 Å². The summed E-state index contributed by atoms with van der Waals surface area (Å²) in [6, 6.07) is 0. The molecule has 0 aromatic rings. The van der Waals surface area contributed by atoms with Crippen LogP contribution in [0.3, 0.4) is 0 Å². The van der Waals surface area contributed by atoms with Gasteiger partial charge >= 0.3 is 0 Å². The first-order valence-electron chi connectivity index (χ1n) is 4.70. The monoisotopic (exact) mass is 154 g/mol. The predicted molar refractivity (Wildman–Crippen MR) is 52.7 cm³/mol. The Kier molecular flexibility index (Phi) is 5.27. The lowest BCUT2D eigenvalue weighted by atomic mass is 10.0. The van der Waals surface area contributed by atoms with Gasteiger partial charge in [0, 0.05) is 0 Å². The van der Waals surface area contributed by atoms with Crippen molar-refractivity contribution in [3.05, 3.63) is 11.6 Å². The summed E-state index contributed by atoms with van der Waals surface area (Å²) in [5.41, 5.74) is 1.53.